The lowest BCUT2D eigenvalue weighted by atomic mass is 10.1. The summed E-state index contributed by atoms with van der Waals surface area (Å²) in [6, 6.07) is 12.9. The molecule has 0 atom stereocenters. The Morgan fingerprint density at radius 3 is 2.83 bits per heavy atom. The summed E-state index contributed by atoms with van der Waals surface area (Å²) in [4.78, 5) is 2.80. The van der Waals surface area contributed by atoms with E-state index in [0.717, 1.165) is 18.8 Å². The van der Waals surface area contributed by atoms with Gasteiger partial charge in [-0.25, -0.2) is 0 Å². The van der Waals surface area contributed by atoms with Crippen LogP contribution < -0.4 is 0 Å². The third-order valence-corrected chi connectivity index (χ3v) is 6.24. The zero-order chi connectivity index (χ0) is 16.4. The van der Waals surface area contributed by atoms with E-state index in [0.29, 0.717) is 4.77 Å². The predicted octanol–water partition coefficient (Wildman–Crippen LogP) is 5.18. The van der Waals surface area contributed by atoms with Crippen LogP contribution in [0.15, 0.2) is 36.4 Å². The van der Waals surface area contributed by atoms with Crippen LogP contribution in [0.4, 0.5) is 0 Å². The van der Waals surface area contributed by atoms with Crippen LogP contribution in [0, 0.1) is 4.77 Å². The molecule has 1 aromatic carbocycles. The summed E-state index contributed by atoms with van der Waals surface area (Å²) in [6.07, 6.45) is 7.37. The van der Waals surface area contributed by atoms with E-state index < -0.39 is 0 Å². The van der Waals surface area contributed by atoms with E-state index in [4.69, 9.17) is 12.2 Å². The summed E-state index contributed by atoms with van der Waals surface area (Å²) >= 11 is 7.37. The Labute approximate surface area is 151 Å². The molecule has 2 heterocycles. The summed E-state index contributed by atoms with van der Waals surface area (Å²) < 4.78 is 2.86. The standard InChI is InChI=1S/C19H21N3S2/c23-19-21-20-18(22(19)12-11-14-7-3-1-4-8-14)17-13-15-9-5-2-6-10-16(15)24-17/h1,3-4,7-8,13H,2,5-6,9-12H2,(H,21,23). The highest BCUT2D eigenvalue weighted by Crippen LogP contribution is 2.34. The van der Waals surface area contributed by atoms with Crippen molar-refractivity contribution >= 4 is 23.6 Å². The number of nitrogens with zero attached hydrogens (tertiary/aromatic N) is 2. The minimum Gasteiger partial charge on any atom is -0.299 e. The topological polar surface area (TPSA) is 33.6 Å². The Balaban J connectivity index is 1.61. The minimum absolute atomic E-state index is 0.713. The lowest BCUT2D eigenvalue weighted by molar-refractivity contribution is 0.692. The second kappa shape index (κ2) is 7.03. The van der Waals surface area contributed by atoms with E-state index >= 15 is 0 Å². The maximum absolute atomic E-state index is 5.47. The molecule has 0 aliphatic heterocycles. The van der Waals surface area contributed by atoms with Gasteiger partial charge in [-0.3, -0.25) is 9.67 Å². The van der Waals surface area contributed by atoms with Crippen LogP contribution in [-0.4, -0.2) is 14.8 Å². The second-order valence-electron chi connectivity index (χ2n) is 6.36. The van der Waals surface area contributed by atoms with Crippen molar-refractivity contribution in [2.75, 3.05) is 0 Å². The zero-order valence-corrected chi connectivity index (χ0v) is 15.3. The summed E-state index contributed by atoms with van der Waals surface area (Å²) in [5.74, 6) is 0.994. The highest BCUT2D eigenvalue weighted by atomic mass is 32.1. The second-order valence-corrected chi connectivity index (χ2v) is 7.88. The van der Waals surface area contributed by atoms with Crippen molar-refractivity contribution < 1.29 is 0 Å². The molecular weight excluding hydrogens is 334 g/mol. The van der Waals surface area contributed by atoms with Gasteiger partial charge < -0.3 is 0 Å². The van der Waals surface area contributed by atoms with E-state index in [2.05, 4.69) is 51.2 Å². The van der Waals surface area contributed by atoms with Crippen LogP contribution >= 0.6 is 23.6 Å². The van der Waals surface area contributed by atoms with Crippen molar-refractivity contribution in [3.8, 4) is 10.7 Å². The molecule has 2 aromatic heterocycles. The molecule has 0 amide bonds. The van der Waals surface area contributed by atoms with Gasteiger partial charge in [0, 0.05) is 11.4 Å². The van der Waals surface area contributed by atoms with Gasteiger partial charge in [0.15, 0.2) is 10.6 Å². The highest BCUT2D eigenvalue weighted by Gasteiger charge is 2.17. The molecule has 0 unspecified atom stereocenters. The first-order valence-electron chi connectivity index (χ1n) is 8.62. The Morgan fingerprint density at radius 1 is 1.12 bits per heavy atom. The van der Waals surface area contributed by atoms with E-state index in [1.165, 1.54) is 48.1 Å². The van der Waals surface area contributed by atoms with Crippen molar-refractivity contribution in [1.29, 1.82) is 0 Å². The van der Waals surface area contributed by atoms with Crippen LogP contribution in [0.25, 0.3) is 10.7 Å². The van der Waals surface area contributed by atoms with Gasteiger partial charge in [0.25, 0.3) is 0 Å². The van der Waals surface area contributed by atoms with Gasteiger partial charge >= 0.3 is 0 Å². The number of fused-ring (bicyclic) bond motifs is 1. The molecule has 1 N–H and O–H groups in total. The van der Waals surface area contributed by atoms with Gasteiger partial charge in [0.1, 0.15) is 0 Å². The van der Waals surface area contributed by atoms with Crippen molar-refractivity contribution in [2.24, 2.45) is 0 Å². The van der Waals surface area contributed by atoms with Gasteiger partial charge in [-0.1, -0.05) is 36.8 Å². The molecule has 5 heteroatoms. The molecule has 0 saturated heterocycles. The number of thiophene rings is 1. The molecule has 1 aliphatic carbocycles. The molecule has 1 aliphatic rings. The average Bonchev–Trinajstić information content (AvgIpc) is 3.10. The van der Waals surface area contributed by atoms with Crippen LogP contribution in [0.3, 0.4) is 0 Å². The summed E-state index contributed by atoms with van der Waals surface area (Å²) in [6.45, 7) is 0.858. The lowest BCUT2D eigenvalue weighted by Crippen LogP contribution is -2.03. The van der Waals surface area contributed by atoms with Gasteiger partial charge in [-0.05, 0) is 61.5 Å². The van der Waals surface area contributed by atoms with Gasteiger partial charge in [-0.2, -0.15) is 5.10 Å². The Hall–Kier alpha value is -1.72. The van der Waals surface area contributed by atoms with Crippen molar-refractivity contribution in [3.63, 3.8) is 0 Å². The van der Waals surface area contributed by atoms with Crippen LogP contribution in [0.1, 0.15) is 35.3 Å². The fourth-order valence-electron chi connectivity index (χ4n) is 3.38. The van der Waals surface area contributed by atoms with Crippen molar-refractivity contribution in [3.05, 3.63) is 57.2 Å². The fraction of sp³-hybridized carbons (Fsp3) is 0.368. The van der Waals surface area contributed by atoms with Crippen LogP contribution in [0.2, 0.25) is 0 Å². The van der Waals surface area contributed by atoms with Gasteiger partial charge in [0.05, 0.1) is 4.88 Å². The first-order chi connectivity index (χ1) is 11.8. The predicted molar refractivity (Wildman–Crippen MR) is 102 cm³/mol. The summed E-state index contributed by atoms with van der Waals surface area (Å²) in [7, 11) is 0. The third kappa shape index (κ3) is 3.23. The number of H-pyrrole nitrogens is 1. The SMILES string of the molecule is S=c1[nH]nc(-c2cc3c(s2)CCCCC3)n1CCc1ccccc1. The lowest BCUT2D eigenvalue weighted by Gasteiger charge is -2.06. The number of aromatic amines is 1. The molecule has 124 valence electrons. The maximum atomic E-state index is 5.47. The van der Waals surface area contributed by atoms with Crippen LogP contribution in [-0.2, 0) is 25.8 Å². The van der Waals surface area contributed by atoms with E-state index in [-0.39, 0.29) is 0 Å². The molecule has 3 aromatic rings. The van der Waals surface area contributed by atoms with E-state index in [1.54, 1.807) is 4.88 Å². The molecule has 0 saturated carbocycles. The molecule has 3 nitrogen and oxygen atoms in total. The number of hydrogen-bond donors (Lipinski definition) is 1. The van der Waals surface area contributed by atoms with Crippen LogP contribution in [0.5, 0.6) is 0 Å². The van der Waals surface area contributed by atoms with Crippen molar-refractivity contribution in [2.45, 2.75) is 45.1 Å². The maximum Gasteiger partial charge on any atom is 0.195 e. The Morgan fingerprint density at radius 2 is 1.96 bits per heavy atom. The summed E-state index contributed by atoms with van der Waals surface area (Å²) in [5.41, 5.74) is 2.85. The molecule has 0 spiro atoms. The quantitative estimate of drug-likeness (QED) is 0.517. The highest BCUT2D eigenvalue weighted by molar-refractivity contribution is 7.71. The molecule has 0 bridgehead atoms. The molecular formula is C19H21N3S2. The fourth-order valence-corrected chi connectivity index (χ4v) is 4.85. The molecule has 0 radical (unpaired) electrons. The number of aromatic nitrogens is 3. The summed E-state index contributed by atoms with van der Waals surface area (Å²) in [5, 5.41) is 7.51. The average molecular weight is 356 g/mol. The number of aryl methyl sites for hydroxylation is 3. The minimum atomic E-state index is 0.713. The molecule has 24 heavy (non-hydrogen) atoms. The number of benzene rings is 1. The largest absolute Gasteiger partial charge is 0.299 e. The number of hydrogen-bond acceptors (Lipinski definition) is 3. The molecule has 0 fully saturated rings. The van der Waals surface area contributed by atoms with Gasteiger partial charge in [0.2, 0.25) is 0 Å². The van der Waals surface area contributed by atoms with Crippen molar-refractivity contribution in [1.82, 2.24) is 14.8 Å². The third-order valence-electron chi connectivity index (χ3n) is 4.69. The zero-order valence-electron chi connectivity index (χ0n) is 13.6. The number of rotatable bonds is 4. The monoisotopic (exact) mass is 355 g/mol. The first-order valence-corrected chi connectivity index (χ1v) is 9.85. The Bertz CT molecular complexity index is 850. The smallest absolute Gasteiger partial charge is 0.195 e. The van der Waals surface area contributed by atoms with E-state index in [9.17, 15) is 0 Å². The van der Waals surface area contributed by atoms with E-state index in [1.807, 2.05) is 11.3 Å². The first kappa shape index (κ1) is 15.8. The normalized spacial score (nSPS) is 14.3. The van der Waals surface area contributed by atoms with Gasteiger partial charge in [-0.15, -0.1) is 11.3 Å². The Kier molecular flexibility index (Phi) is 4.63. The number of nitrogens with one attached hydrogen (secondary N) is 1. The molecule has 4 rings (SSSR count).